The number of benzene rings is 2. The molecule has 1 aliphatic rings. The fourth-order valence-corrected chi connectivity index (χ4v) is 3.72. The van der Waals surface area contributed by atoms with E-state index in [9.17, 15) is 14.9 Å². The van der Waals surface area contributed by atoms with E-state index in [0.29, 0.717) is 44.1 Å². The van der Waals surface area contributed by atoms with Crippen LogP contribution in [0.25, 0.3) is 0 Å². The van der Waals surface area contributed by atoms with E-state index in [1.54, 1.807) is 23.9 Å². The van der Waals surface area contributed by atoms with Gasteiger partial charge in [0, 0.05) is 41.9 Å². The highest BCUT2D eigenvalue weighted by Gasteiger charge is 2.23. The number of thioether (sulfide) groups is 1. The maximum Gasteiger partial charge on any atom is 0.293 e. The summed E-state index contributed by atoms with van der Waals surface area (Å²) < 4.78 is 5.30. The molecule has 1 aliphatic heterocycles. The van der Waals surface area contributed by atoms with E-state index < -0.39 is 4.92 Å². The molecule has 0 aliphatic carbocycles. The Kier molecular flexibility index (Phi) is 6.89. The lowest BCUT2D eigenvalue weighted by atomic mass is 10.1. The zero-order valence-electron chi connectivity index (χ0n) is 15.7. The molecule has 0 bridgehead atoms. The second-order valence-corrected chi connectivity index (χ2v) is 7.65. The second-order valence-electron chi connectivity index (χ2n) is 6.48. The molecule has 1 fully saturated rings. The normalized spacial score (nSPS) is 14.0. The third-order valence-electron chi connectivity index (χ3n) is 4.46. The van der Waals surface area contributed by atoms with Crippen LogP contribution in [-0.2, 0) is 4.74 Å². The molecule has 0 saturated carbocycles. The first-order valence-corrected chi connectivity index (χ1v) is 10.1. The van der Waals surface area contributed by atoms with E-state index in [1.165, 1.54) is 11.6 Å². The summed E-state index contributed by atoms with van der Waals surface area (Å²) in [5, 5.41) is 14.3. The fraction of sp³-hybridized carbons (Fsp3) is 0.350. The lowest BCUT2D eigenvalue weighted by Gasteiger charge is -2.28. The summed E-state index contributed by atoms with van der Waals surface area (Å²) >= 11 is 1.65. The molecule has 0 spiro atoms. The lowest BCUT2D eigenvalue weighted by molar-refractivity contribution is -0.384. The number of hydrogen-bond donors (Lipinski definition) is 1. The van der Waals surface area contributed by atoms with Gasteiger partial charge in [-0.3, -0.25) is 14.9 Å². The van der Waals surface area contributed by atoms with E-state index in [0.717, 1.165) is 10.6 Å². The predicted octanol–water partition coefficient (Wildman–Crippen LogP) is 3.26. The van der Waals surface area contributed by atoms with Gasteiger partial charge in [-0.1, -0.05) is 17.7 Å². The van der Waals surface area contributed by atoms with Crippen molar-refractivity contribution in [3.8, 4) is 0 Å². The maximum atomic E-state index is 12.4. The minimum Gasteiger partial charge on any atom is -0.378 e. The molecule has 1 saturated heterocycles. The standard InChI is InChI=1S/C20H23N3O4S/c1-15-2-5-17(6-3-15)28-13-8-21-20(24)16-4-7-18(19(14-16)23(25)26)22-9-11-27-12-10-22/h2-7,14H,8-13H2,1H3,(H,21,24). The van der Waals surface area contributed by atoms with Crippen LogP contribution in [0.5, 0.6) is 0 Å². The number of nitrogens with zero attached hydrogens (tertiary/aromatic N) is 2. The van der Waals surface area contributed by atoms with Crippen molar-refractivity contribution < 1.29 is 14.5 Å². The number of hydrogen-bond acceptors (Lipinski definition) is 6. The molecule has 28 heavy (non-hydrogen) atoms. The van der Waals surface area contributed by atoms with Crippen LogP contribution < -0.4 is 10.2 Å². The number of rotatable bonds is 7. The van der Waals surface area contributed by atoms with Crippen molar-refractivity contribution >= 4 is 29.0 Å². The molecule has 1 heterocycles. The highest BCUT2D eigenvalue weighted by Crippen LogP contribution is 2.30. The Morgan fingerprint density at radius 3 is 2.61 bits per heavy atom. The lowest BCUT2D eigenvalue weighted by Crippen LogP contribution is -2.36. The Balaban J connectivity index is 1.59. The average molecular weight is 401 g/mol. The molecule has 0 radical (unpaired) electrons. The average Bonchev–Trinajstić information content (AvgIpc) is 2.72. The highest BCUT2D eigenvalue weighted by atomic mass is 32.2. The van der Waals surface area contributed by atoms with Crippen LogP contribution in [-0.4, -0.2) is 49.4 Å². The number of morpholine rings is 1. The van der Waals surface area contributed by atoms with Crippen LogP contribution in [0.15, 0.2) is 47.4 Å². The van der Waals surface area contributed by atoms with Crippen molar-refractivity contribution in [1.82, 2.24) is 5.32 Å². The highest BCUT2D eigenvalue weighted by molar-refractivity contribution is 7.99. The molecule has 148 valence electrons. The second kappa shape index (κ2) is 9.57. The Morgan fingerprint density at radius 2 is 1.93 bits per heavy atom. The Bertz CT molecular complexity index is 836. The molecule has 1 N–H and O–H groups in total. The third-order valence-corrected chi connectivity index (χ3v) is 5.48. The van der Waals surface area contributed by atoms with Crippen LogP contribution >= 0.6 is 11.8 Å². The van der Waals surface area contributed by atoms with Crippen molar-refractivity contribution in [3.63, 3.8) is 0 Å². The number of aryl methyl sites for hydroxylation is 1. The van der Waals surface area contributed by atoms with Crippen LogP contribution in [0, 0.1) is 17.0 Å². The van der Waals surface area contributed by atoms with Crippen molar-refractivity contribution in [2.75, 3.05) is 43.5 Å². The van der Waals surface area contributed by atoms with E-state index in [-0.39, 0.29) is 11.6 Å². The van der Waals surface area contributed by atoms with Gasteiger partial charge in [0.25, 0.3) is 11.6 Å². The minimum absolute atomic E-state index is 0.0522. The molecular weight excluding hydrogens is 378 g/mol. The predicted molar refractivity (Wildman–Crippen MR) is 110 cm³/mol. The van der Waals surface area contributed by atoms with Gasteiger partial charge in [-0.25, -0.2) is 0 Å². The maximum absolute atomic E-state index is 12.4. The first-order chi connectivity index (χ1) is 13.5. The number of ether oxygens (including phenoxy) is 1. The fourth-order valence-electron chi connectivity index (χ4n) is 2.95. The SMILES string of the molecule is Cc1ccc(SCCNC(=O)c2ccc(N3CCOCC3)c([N+](=O)[O-])c2)cc1. The van der Waals surface area contributed by atoms with Gasteiger partial charge >= 0.3 is 0 Å². The zero-order valence-corrected chi connectivity index (χ0v) is 16.5. The Morgan fingerprint density at radius 1 is 1.21 bits per heavy atom. The molecule has 1 amide bonds. The molecule has 2 aromatic rings. The summed E-state index contributed by atoms with van der Waals surface area (Å²) in [6.45, 7) is 4.80. The molecular formula is C20H23N3O4S. The molecule has 3 rings (SSSR count). The largest absolute Gasteiger partial charge is 0.378 e. The summed E-state index contributed by atoms with van der Waals surface area (Å²) in [5.74, 6) is 0.420. The van der Waals surface area contributed by atoms with Gasteiger partial charge in [0.1, 0.15) is 5.69 Å². The number of anilines is 1. The molecule has 2 aromatic carbocycles. The summed E-state index contributed by atoms with van der Waals surface area (Å²) in [5.41, 5.74) is 1.98. The van der Waals surface area contributed by atoms with Gasteiger partial charge in [-0.15, -0.1) is 11.8 Å². The van der Waals surface area contributed by atoms with Crippen LogP contribution in [0.1, 0.15) is 15.9 Å². The van der Waals surface area contributed by atoms with Gasteiger partial charge in [-0.05, 0) is 31.2 Å². The Hall–Kier alpha value is -2.58. The monoisotopic (exact) mass is 401 g/mol. The van der Waals surface area contributed by atoms with Gasteiger partial charge in [0.05, 0.1) is 18.1 Å². The summed E-state index contributed by atoms with van der Waals surface area (Å²) in [7, 11) is 0. The summed E-state index contributed by atoms with van der Waals surface area (Å²) in [6, 6.07) is 12.9. The topological polar surface area (TPSA) is 84.7 Å². The van der Waals surface area contributed by atoms with Crippen molar-refractivity contribution in [2.24, 2.45) is 0 Å². The van der Waals surface area contributed by atoms with E-state index in [2.05, 4.69) is 29.6 Å². The van der Waals surface area contributed by atoms with E-state index in [4.69, 9.17) is 4.74 Å². The molecule has 0 aromatic heterocycles. The van der Waals surface area contributed by atoms with Crippen molar-refractivity contribution in [1.29, 1.82) is 0 Å². The van der Waals surface area contributed by atoms with Crippen LogP contribution in [0.3, 0.4) is 0 Å². The molecule has 7 nitrogen and oxygen atoms in total. The minimum atomic E-state index is -0.436. The summed E-state index contributed by atoms with van der Waals surface area (Å²) in [4.78, 5) is 26.5. The smallest absolute Gasteiger partial charge is 0.293 e. The quantitative estimate of drug-likeness (QED) is 0.332. The number of carbonyl (C=O) groups is 1. The van der Waals surface area contributed by atoms with Crippen molar-refractivity contribution in [2.45, 2.75) is 11.8 Å². The van der Waals surface area contributed by atoms with Gasteiger partial charge in [0.2, 0.25) is 0 Å². The van der Waals surface area contributed by atoms with Gasteiger partial charge in [-0.2, -0.15) is 0 Å². The van der Waals surface area contributed by atoms with Crippen molar-refractivity contribution in [3.05, 3.63) is 63.7 Å². The number of nitro benzene ring substituents is 1. The first-order valence-electron chi connectivity index (χ1n) is 9.13. The van der Waals surface area contributed by atoms with Crippen LogP contribution in [0.2, 0.25) is 0 Å². The Labute approximate surface area is 168 Å². The number of nitro groups is 1. The van der Waals surface area contributed by atoms with E-state index in [1.807, 2.05) is 11.8 Å². The third kappa shape index (κ3) is 5.24. The molecule has 8 heteroatoms. The van der Waals surface area contributed by atoms with Gasteiger partial charge in [0.15, 0.2) is 0 Å². The number of carbonyl (C=O) groups excluding carboxylic acids is 1. The van der Waals surface area contributed by atoms with Crippen LogP contribution in [0.4, 0.5) is 11.4 Å². The van der Waals surface area contributed by atoms with E-state index >= 15 is 0 Å². The molecule has 0 unspecified atom stereocenters. The van der Waals surface area contributed by atoms with Gasteiger partial charge < -0.3 is 15.0 Å². The molecule has 0 atom stereocenters. The first kappa shape index (κ1) is 20.2. The number of amides is 1. The zero-order chi connectivity index (χ0) is 19.9. The number of nitrogens with one attached hydrogen (secondary N) is 1. The summed E-state index contributed by atoms with van der Waals surface area (Å²) in [6.07, 6.45) is 0.